The van der Waals surface area contributed by atoms with E-state index < -0.39 is 0 Å². The summed E-state index contributed by atoms with van der Waals surface area (Å²) in [5.41, 5.74) is 3.32. The Morgan fingerprint density at radius 1 is 1.16 bits per heavy atom. The Kier molecular flexibility index (Phi) is 4.05. The van der Waals surface area contributed by atoms with Crippen LogP contribution in [0.3, 0.4) is 0 Å². The highest BCUT2D eigenvalue weighted by molar-refractivity contribution is 7.98. The molecule has 0 fully saturated rings. The topological polar surface area (TPSA) is 38.1 Å². The quantitative estimate of drug-likeness (QED) is 0.670. The second-order valence-corrected chi connectivity index (χ2v) is 6.55. The molecule has 0 radical (unpaired) electrons. The largest absolute Gasteiger partial charge is 0.306 e. The maximum atomic E-state index is 13.3. The van der Waals surface area contributed by atoms with Crippen LogP contribution in [-0.4, -0.2) is 28.3 Å². The normalized spacial score (nSPS) is 13.1. The van der Waals surface area contributed by atoms with Crippen LogP contribution < -0.4 is 4.90 Å². The first-order valence-electron chi connectivity index (χ1n) is 7.96. The van der Waals surface area contributed by atoms with Gasteiger partial charge in [-0.2, -0.15) is 0 Å². The van der Waals surface area contributed by atoms with Crippen LogP contribution in [0.4, 0.5) is 10.1 Å². The first kappa shape index (κ1) is 15.9. The summed E-state index contributed by atoms with van der Waals surface area (Å²) < 4.78 is 15.1. The van der Waals surface area contributed by atoms with Crippen molar-refractivity contribution in [3.05, 3.63) is 71.8 Å². The highest BCUT2D eigenvalue weighted by Gasteiger charge is 2.28. The number of amides is 1. The van der Waals surface area contributed by atoms with Gasteiger partial charge in [0.15, 0.2) is 5.16 Å². The molecule has 0 spiro atoms. The molecule has 2 heterocycles. The third-order valence-corrected chi connectivity index (χ3v) is 5.00. The predicted octanol–water partition coefficient (Wildman–Crippen LogP) is 3.94. The second kappa shape index (κ2) is 6.37. The zero-order valence-corrected chi connectivity index (χ0v) is 14.5. The summed E-state index contributed by atoms with van der Waals surface area (Å²) in [5, 5.41) is 0.697. The number of aromatic nitrogens is 2. The predicted molar refractivity (Wildman–Crippen MR) is 97.1 cm³/mol. The van der Waals surface area contributed by atoms with Crippen LogP contribution in [0.5, 0.6) is 0 Å². The van der Waals surface area contributed by atoms with Gasteiger partial charge in [-0.15, -0.1) is 0 Å². The zero-order chi connectivity index (χ0) is 17.4. The van der Waals surface area contributed by atoms with E-state index in [9.17, 15) is 9.18 Å². The SMILES string of the molecule is CSc1ncc(C(=O)N2CCc3ccccc32)n1-c1ccc(F)cc1. The molecule has 0 bridgehead atoms. The molecule has 0 saturated heterocycles. The van der Waals surface area contributed by atoms with Crippen molar-refractivity contribution < 1.29 is 9.18 Å². The Morgan fingerprint density at radius 2 is 1.92 bits per heavy atom. The number of benzene rings is 2. The number of imidazole rings is 1. The van der Waals surface area contributed by atoms with Crippen molar-refractivity contribution in [3.63, 3.8) is 0 Å². The number of carbonyl (C=O) groups is 1. The number of hydrogen-bond donors (Lipinski definition) is 0. The third-order valence-electron chi connectivity index (χ3n) is 4.35. The van der Waals surface area contributed by atoms with Crippen LogP contribution >= 0.6 is 11.8 Å². The summed E-state index contributed by atoms with van der Waals surface area (Å²) in [6.45, 7) is 0.654. The van der Waals surface area contributed by atoms with Crippen molar-refractivity contribution in [2.75, 3.05) is 17.7 Å². The number of anilines is 1. The summed E-state index contributed by atoms with van der Waals surface area (Å²) in [5.74, 6) is -0.405. The molecule has 25 heavy (non-hydrogen) atoms. The lowest BCUT2D eigenvalue weighted by Crippen LogP contribution is -2.30. The number of hydrogen-bond acceptors (Lipinski definition) is 3. The highest BCUT2D eigenvalue weighted by Crippen LogP contribution is 2.30. The van der Waals surface area contributed by atoms with E-state index >= 15 is 0 Å². The Morgan fingerprint density at radius 3 is 2.68 bits per heavy atom. The molecule has 3 aromatic rings. The molecule has 2 aromatic carbocycles. The Labute approximate surface area is 149 Å². The molecule has 1 aliphatic heterocycles. The summed E-state index contributed by atoms with van der Waals surface area (Å²) >= 11 is 1.45. The van der Waals surface area contributed by atoms with Crippen molar-refractivity contribution in [1.82, 2.24) is 9.55 Å². The van der Waals surface area contributed by atoms with Crippen LogP contribution in [0.25, 0.3) is 5.69 Å². The summed E-state index contributed by atoms with van der Waals surface area (Å²) in [6.07, 6.45) is 4.35. The van der Waals surface area contributed by atoms with Gasteiger partial charge in [-0.1, -0.05) is 30.0 Å². The highest BCUT2D eigenvalue weighted by atomic mass is 32.2. The van der Waals surface area contributed by atoms with E-state index in [1.165, 1.54) is 29.5 Å². The second-order valence-electron chi connectivity index (χ2n) is 5.78. The van der Waals surface area contributed by atoms with Gasteiger partial charge in [-0.3, -0.25) is 9.36 Å². The molecule has 1 aliphatic rings. The van der Waals surface area contributed by atoms with E-state index in [0.717, 1.165) is 17.8 Å². The summed E-state index contributed by atoms with van der Waals surface area (Å²) in [4.78, 5) is 19.3. The maximum Gasteiger partial charge on any atom is 0.276 e. The van der Waals surface area contributed by atoms with Gasteiger partial charge in [-0.05, 0) is 48.6 Å². The fraction of sp³-hybridized carbons (Fsp3) is 0.158. The van der Waals surface area contributed by atoms with E-state index in [1.54, 1.807) is 27.8 Å². The van der Waals surface area contributed by atoms with Gasteiger partial charge >= 0.3 is 0 Å². The summed E-state index contributed by atoms with van der Waals surface area (Å²) in [6, 6.07) is 14.0. The molecular formula is C19H16FN3OS. The monoisotopic (exact) mass is 353 g/mol. The third kappa shape index (κ3) is 2.72. The Balaban J connectivity index is 1.78. The fourth-order valence-corrected chi connectivity index (χ4v) is 3.70. The van der Waals surface area contributed by atoms with Crippen LogP contribution in [0.1, 0.15) is 16.1 Å². The molecule has 126 valence electrons. The maximum absolute atomic E-state index is 13.3. The van der Waals surface area contributed by atoms with E-state index in [2.05, 4.69) is 4.98 Å². The van der Waals surface area contributed by atoms with Crippen LogP contribution in [-0.2, 0) is 6.42 Å². The fourth-order valence-electron chi connectivity index (χ4n) is 3.16. The number of nitrogens with zero attached hydrogens (tertiary/aromatic N) is 3. The molecule has 4 rings (SSSR count). The van der Waals surface area contributed by atoms with Crippen LogP contribution in [0.2, 0.25) is 0 Å². The van der Waals surface area contributed by atoms with E-state index in [4.69, 9.17) is 0 Å². The molecule has 0 N–H and O–H groups in total. The molecule has 6 heteroatoms. The molecule has 0 unspecified atom stereocenters. The van der Waals surface area contributed by atoms with Gasteiger partial charge in [0, 0.05) is 17.9 Å². The molecule has 1 amide bonds. The molecule has 0 saturated carbocycles. The van der Waals surface area contributed by atoms with Crippen molar-refractivity contribution in [3.8, 4) is 5.69 Å². The molecular weight excluding hydrogens is 337 g/mol. The van der Waals surface area contributed by atoms with Crippen molar-refractivity contribution >= 4 is 23.4 Å². The zero-order valence-electron chi connectivity index (χ0n) is 13.6. The first-order chi connectivity index (χ1) is 12.2. The van der Waals surface area contributed by atoms with Crippen molar-refractivity contribution in [2.24, 2.45) is 0 Å². The lowest BCUT2D eigenvalue weighted by atomic mass is 10.2. The van der Waals surface area contributed by atoms with Gasteiger partial charge in [-0.25, -0.2) is 9.37 Å². The lowest BCUT2D eigenvalue weighted by Gasteiger charge is -2.19. The average Bonchev–Trinajstić information content (AvgIpc) is 3.26. The lowest BCUT2D eigenvalue weighted by molar-refractivity contribution is 0.0982. The smallest absolute Gasteiger partial charge is 0.276 e. The molecule has 0 aliphatic carbocycles. The van der Waals surface area contributed by atoms with E-state index in [1.807, 2.05) is 30.5 Å². The minimum Gasteiger partial charge on any atom is -0.306 e. The van der Waals surface area contributed by atoms with Crippen LogP contribution in [0.15, 0.2) is 59.9 Å². The minimum absolute atomic E-state index is 0.0953. The van der Waals surface area contributed by atoms with Crippen LogP contribution in [0, 0.1) is 5.82 Å². The van der Waals surface area contributed by atoms with E-state index in [-0.39, 0.29) is 11.7 Å². The van der Waals surface area contributed by atoms with Gasteiger partial charge in [0.25, 0.3) is 5.91 Å². The summed E-state index contributed by atoms with van der Waals surface area (Å²) in [7, 11) is 0. The number of fused-ring (bicyclic) bond motifs is 1. The average molecular weight is 353 g/mol. The van der Waals surface area contributed by atoms with Crippen molar-refractivity contribution in [2.45, 2.75) is 11.6 Å². The van der Waals surface area contributed by atoms with Gasteiger partial charge in [0.05, 0.1) is 6.20 Å². The number of halogens is 1. The number of carbonyl (C=O) groups excluding carboxylic acids is 1. The van der Waals surface area contributed by atoms with Gasteiger partial charge in [0.1, 0.15) is 11.5 Å². The number of thioether (sulfide) groups is 1. The Bertz CT molecular complexity index is 936. The number of para-hydroxylation sites is 1. The van der Waals surface area contributed by atoms with Crippen molar-refractivity contribution in [1.29, 1.82) is 0 Å². The van der Waals surface area contributed by atoms with Gasteiger partial charge in [0.2, 0.25) is 0 Å². The van der Waals surface area contributed by atoms with E-state index in [0.29, 0.717) is 17.4 Å². The first-order valence-corrected chi connectivity index (χ1v) is 9.19. The Hall–Kier alpha value is -2.60. The molecule has 1 aromatic heterocycles. The number of rotatable bonds is 3. The molecule has 0 atom stereocenters. The van der Waals surface area contributed by atoms with Gasteiger partial charge < -0.3 is 4.90 Å². The molecule has 4 nitrogen and oxygen atoms in total. The minimum atomic E-state index is -0.309. The standard InChI is InChI=1S/C19H16FN3OS/c1-25-19-21-12-17(23(19)15-8-6-14(20)7-9-15)18(24)22-11-10-13-4-2-3-5-16(13)22/h2-9,12H,10-11H2,1H3.